The molecule has 4 aliphatic rings. The van der Waals surface area contributed by atoms with Crippen molar-refractivity contribution in [2.45, 2.75) is 96.7 Å². The van der Waals surface area contributed by atoms with Crippen LogP contribution in [-0.4, -0.2) is 35.9 Å². The minimum atomic E-state index is -0.884. The Hall–Kier alpha value is -0.820. The molecule has 0 aromatic carbocycles. The van der Waals surface area contributed by atoms with Gasteiger partial charge in [-0.2, -0.15) is 0 Å². The fourth-order valence-electron chi connectivity index (χ4n) is 7.76. The van der Waals surface area contributed by atoms with Crippen LogP contribution in [0.2, 0.25) is 0 Å². The Morgan fingerprint density at radius 3 is 2.59 bits per heavy atom. The Labute approximate surface area is 178 Å². The van der Waals surface area contributed by atoms with Crippen molar-refractivity contribution >= 4 is 0 Å². The summed E-state index contributed by atoms with van der Waals surface area (Å²) in [5, 5.41) is 18.4. The molecule has 0 heterocycles. The number of fused-ring (bicyclic) bond motifs is 5. The lowest BCUT2D eigenvalue weighted by molar-refractivity contribution is -0.1000. The third-order valence-corrected chi connectivity index (χ3v) is 9.59. The van der Waals surface area contributed by atoms with E-state index in [2.05, 4.69) is 50.3 Å². The van der Waals surface area contributed by atoms with Gasteiger partial charge in [0, 0.05) is 30.6 Å². The van der Waals surface area contributed by atoms with Gasteiger partial charge in [-0.05, 0) is 74.5 Å². The normalized spacial score (nSPS) is 46.4. The molecule has 3 nitrogen and oxygen atoms in total. The predicted octanol–water partition coefficient (Wildman–Crippen LogP) is 4.27. The second-order valence-corrected chi connectivity index (χ2v) is 11.2. The number of terminal acetylenes is 1. The molecule has 0 radical (unpaired) electrons. The first-order valence-electron chi connectivity index (χ1n) is 12.1. The zero-order valence-electron chi connectivity index (χ0n) is 19.1. The molecule has 0 amide bonds. The third-order valence-electron chi connectivity index (χ3n) is 9.59. The Morgan fingerprint density at radius 1 is 1.10 bits per heavy atom. The van der Waals surface area contributed by atoms with E-state index in [-0.39, 0.29) is 5.41 Å². The molecule has 162 valence electrons. The molecular weight excluding hydrogens is 356 g/mol. The predicted molar refractivity (Wildman–Crippen MR) is 120 cm³/mol. The SMILES string of the molecule is C#C[C@]1(O)CCC2C3CCC4=C[C@H](NCCNC(C)C)CC[C@]4(C)C3CC[C@@]21C. The molecule has 0 aliphatic heterocycles. The molecule has 4 aliphatic carbocycles. The van der Waals surface area contributed by atoms with Crippen molar-refractivity contribution in [1.29, 1.82) is 0 Å². The van der Waals surface area contributed by atoms with Gasteiger partial charge in [-0.25, -0.2) is 0 Å². The number of rotatable bonds is 5. The van der Waals surface area contributed by atoms with Crippen LogP contribution in [0.15, 0.2) is 11.6 Å². The molecule has 0 bridgehead atoms. The Morgan fingerprint density at radius 2 is 1.86 bits per heavy atom. The summed E-state index contributed by atoms with van der Waals surface area (Å²) >= 11 is 0. The van der Waals surface area contributed by atoms with Crippen LogP contribution >= 0.6 is 0 Å². The van der Waals surface area contributed by atoms with Gasteiger partial charge in [0.05, 0.1) is 0 Å². The lowest BCUT2D eigenvalue weighted by atomic mass is 9.46. The van der Waals surface area contributed by atoms with E-state index in [4.69, 9.17) is 6.42 Å². The van der Waals surface area contributed by atoms with Gasteiger partial charge in [-0.3, -0.25) is 0 Å². The summed E-state index contributed by atoms with van der Waals surface area (Å²) in [6, 6.07) is 1.09. The molecule has 3 heteroatoms. The Bertz CT molecular complexity index is 693. The molecule has 3 unspecified atom stereocenters. The largest absolute Gasteiger partial charge is 0.377 e. The van der Waals surface area contributed by atoms with Crippen molar-refractivity contribution in [3.8, 4) is 12.3 Å². The van der Waals surface area contributed by atoms with Crippen LogP contribution < -0.4 is 10.6 Å². The second-order valence-electron chi connectivity index (χ2n) is 11.2. The molecule has 0 aromatic rings. The molecule has 4 rings (SSSR count). The van der Waals surface area contributed by atoms with Gasteiger partial charge < -0.3 is 15.7 Å². The summed E-state index contributed by atoms with van der Waals surface area (Å²) in [5.74, 6) is 4.91. The molecule has 29 heavy (non-hydrogen) atoms. The molecule has 3 saturated carbocycles. The standard InChI is InChI=1S/C26H42N2O/c1-6-26(29)14-11-23-21-8-7-19-17-20(28-16-15-27-18(2)3)9-12-24(19,4)22(21)10-13-25(23,26)5/h1,17-18,20-23,27-29H,7-16H2,2-5H3/t20-,21?,22?,23?,24+,25+,26+/m1/s1. The second kappa shape index (κ2) is 7.70. The van der Waals surface area contributed by atoms with E-state index in [0.29, 0.717) is 23.4 Å². The molecule has 0 aromatic heterocycles. The lowest BCUT2D eigenvalue weighted by Crippen LogP contribution is -2.54. The highest BCUT2D eigenvalue weighted by Gasteiger charge is 2.63. The van der Waals surface area contributed by atoms with E-state index >= 15 is 0 Å². The van der Waals surface area contributed by atoms with E-state index in [0.717, 1.165) is 44.2 Å². The number of hydrogen-bond acceptors (Lipinski definition) is 3. The zero-order chi connectivity index (χ0) is 20.9. The average molecular weight is 399 g/mol. The maximum Gasteiger partial charge on any atom is 0.130 e. The van der Waals surface area contributed by atoms with Crippen molar-refractivity contribution in [3.05, 3.63) is 11.6 Å². The van der Waals surface area contributed by atoms with Crippen molar-refractivity contribution in [2.24, 2.45) is 28.6 Å². The van der Waals surface area contributed by atoms with E-state index in [1.807, 2.05) is 0 Å². The van der Waals surface area contributed by atoms with Crippen LogP contribution in [0.25, 0.3) is 0 Å². The van der Waals surface area contributed by atoms with Crippen LogP contribution in [0.5, 0.6) is 0 Å². The van der Waals surface area contributed by atoms with E-state index in [9.17, 15) is 5.11 Å². The van der Waals surface area contributed by atoms with Crippen LogP contribution in [0.3, 0.4) is 0 Å². The van der Waals surface area contributed by atoms with Crippen molar-refractivity contribution in [2.75, 3.05) is 13.1 Å². The summed E-state index contributed by atoms with van der Waals surface area (Å²) < 4.78 is 0. The highest BCUT2D eigenvalue weighted by Crippen LogP contribution is 2.67. The van der Waals surface area contributed by atoms with Crippen LogP contribution in [0.4, 0.5) is 0 Å². The number of allylic oxidation sites excluding steroid dienone is 1. The molecule has 0 spiro atoms. The molecule has 3 N–H and O–H groups in total. The van der Waals surface area contributed by atoms with E-state index in [1.54, 1.807) is 5.57 Å². The summed E-state index contributed by atoms with van der Waals surface area (Å²) in [4.78, 5) is 0. The lowest BCUT2D eigenvalue weighted by Gasteiger charge is -2.59. The summed E-state index contributed by atoms with van der Waals surface area (Å²) in [7, 11) is 0. The van der Waals surface area contributed by atoms with Crippen LogP contribution in [-0.2, 0) is 0 Å². The molecule has 3 fully saturated rings. The van der Waals surface area contributed by atoms with Crippen molar-refractivity contribution in [3.63, 3.8) is 0 Å². The fraction of sp³-hybridized carbons (Fsp3) is 0.846. The number of aliphatic hydroxyl groups is 1. The molecule has 7 atom stereocenters. The summed E-state index contributed by atoms with van der Waals surface area (Å²) in [6.07, 6.45) is 17.7. The minimum Gasteiger partial charge on any atom is -0.377 e. The quantitative estimate of drug-likeness (QED) is 0.368. The van der Waals surface area contributed by atoms with Gasteiger partial charge in [0.25, 0.3) is 0 Å². The summed E-state index contributed by atoms with van der Waals surface area (Å²) in [6.45, 7) is 11.3. The highest BCUT2D eigenvalue weighted by atomic mass is 16.3. The van der Waals surface area contributed by atoms with Gasteiger partial charge in [0.15, 0.2) is 0 Å². The topological polar surface area (TPSA) is 44.3 Å². The van der Waals surface area contributed by atoms with Gasteiger partial charge >= 0.3 is 0 Å². The van der Waals surface area contributed by atoms with Crippen LogP contribution in [0, 0.1) is 40.9 Å². The van der Waals surface area contributed by atoms with Gasteiger partial charge in [-0.1, -0.05) is 45.3 Å². The maximum atomic E-state index is 11.2. The monoisotopic (exact) mass is 398 g/mol. The highest BCUT2D eigenvalue weighted by molar-refractivity contribution is 5.29. The number of hydrogen-bond donors (Lipinski definition) is 3. The number of nitrogens with one attached hydrogen (secondary N) is 2. The smallest absolute Gasteiger partial charge is 0.130 e. The maximum absolute atomic E-state index is 11.2. The van der Waals surface area contributed by atoms with Gasteiger partial charge in [0.1, 0.15) is 5.60 Å². The van der Waals surface area contributed by atoms with Gasteiger partial charge in [-0.15, -0.1) is 6.42 Å². The Kier molecular flexibility index (Phi) is 5.69. The Balaban J connectivity index is 1.46. The summed E-state index contributed by atoms with van der Waals surface area (Å²) in [5.41, 5.74) is 1.11. The van der Waals surface area contributed by atoms with E-state index < -0.39 is 5.60 Å². The van der Waals surface area contributed by atoms with Gasteiger partial charge in [0.2, 0.25) is 0 Å². The average Bonchev–Trinajstić information content (AvgIpc) is 2.97. The third kappa shape index (κ3) is 3.40. The first-order chi connectivity index (χ1) is 13.7. The van der Waals surface area contributed by atoms with Crippen molar-refractivity contribution < 1.29 is 5.11 Å². The first-order valence-corrected chi connectivity index (χ1v) is 12.1. The van der Waals surface area contributed by atoms with Crippen LogP contribution in [0.1, 0.15) is 79.1 Å². The minimum absolute atomic E-state index is 0.0807. The van der Waals surface area contributed by atoms with E-state index in [1.165, 1.54) is 32.1 Å². The fourth-order valence-corrected chi connectivity index (χ4v) is 7.76. The van der Waals surface area contributed by atoms with Crippen molar-refractivity contribution in [1.82, 2.24) is 10.6 Å². The first kappa shape index (κ1) is 21.4. The molecular formula is C26H42N2O. The molecule has 0 saturated heterocycles. The zero-order valence-corrected chi connectivity index (χ0v) is 19.1.